The summed E-state index contributed by atoms with van der Waals surface area (Å²) in [6.45, 7) is 2.00. The summed E-state index contributed by atoms with van der Waals surface area (Å²) in [6.07, 6.45) is 0. The Labute approximate surface area is 136 Å². The average molecular weight is 318 g/mol. The topological polar surface area (TPSA) is 69.7 Å². The summed E-state index contributed by atoms with van der Waals surface area (Å²) in [4.78, 5) is 16.5. The van der Waals surface area contributed by atoms with Crippen LogP contribution < -0.4 is 14.8 Å². The lowest BCUT2D eigenvalue weighted by Crippen LogP contribution is -2.20. The Balaban J connectivity index is 2.31. The number of aromatic nitrogens is 1. The average Bonchev–Trinajstić information content (AvgIpc) is 2.59. The molecule has 6 heteroatoms. The second-order valence-electron chi connectivity index (χ2n) is 4.78. The van der Waals surface area contributed by atoms with E-state index in [0.717, 1.165) is 5.56 Å². The highest BCUT2D eigenvalue weighted by atomic mass is 16.7. The van der Waals surface area contributed by atoms with Gasteiger partial charge >= 0.3 is 0 Å². The van der Waals surface area contributed by atoms with Crippen LogP contribution in [0, 0.1) is 6.92 Å². The zero-order valence-electron chi connectivity index (χ0n) is 14.2. The molecule has 0 aliphatic heterocycles. The van der Waals surface area contributed by atoms with Crippen molar-refractivity contribution in [3.8, 4) is 11.6 Å². The number of carbonyl (C=O) groups excluding carboxylic acids is 1. The van der Waals surface area contributed by atoms with Crippen LogP contribution in [0.5, 0.6) is 11.6 Å². The third kappa shape index (κ3) is 4.43. The Morgan fingerprint density at radius 2 is 2.09 bits per heavy atom. The van der Waals surface area contributed by atoms with Crippen LogP contribution in [0.2, 0.25) is 0 Å². The number of methoxy groups -OCH3 is 1. The number of aryl methyl sites for hydroxylation is 1. The van der Waals surface area contributed by atoms with E-state index in [9.17, 15) is 4.79 Å². The number of hydrogen-bond donors (Lipinski definition) is 1. The second-order valence-corrected chi connectivity index (χ2v) is 4.78. The lowest BCUT2D eigenvalue weighted by molar-refractivity contribution is 0.0467. The SMILES string of the molecule is [3H]CNC(=O)c1cc(C)nc(OCc2ccccc2)c1OCOC. The van der Waals surface area contributed by atoms with Crippen LogP contribution in [0.15, 0.2) is 36.4 Å². The van der Waals surface area contributed by atoms with Gasteiger partial charge in [-0.25, -0.2) is 4.98 Å². The van der Waals surface area contributed by atoms with Crippen LogP contribution in [-0.4, -0.2) is 31.8 Å². The summed E-state index contributed by atoms with van der Waals surface area (Å²) in [7, 11) is 1.25. The molecule has 0 saturated heterocycles. The third-order valence-electron chi connectivity index (χ3n) is 3.01. The van der Waals surface area contributed by atoms with Crippen molar-refractivity contribution >= 4 is 5.91 Å². The number of nitrogens with one attached hydrogen (secondary N) is 1. The van der Waals surface area contributed by atoms with Crippen LogP contribution in [0.4, 0.5) is 0 Å². The standard InChI is InChI=1S/C17H20N2O4/c1-12-9-14(16(20)18-2)15(23-11-21-3)17(19-12)22-10-13-7-5-4-6-8-13/h4-9H,10-11H2,1-3H3,(H,18,20)/i2T. The maximum Gasteiger partial charge on any atom is 0.258 e. The Morgan fingerprint density at radius 3 is 2.78 bits per heavy atom. The molecule has 0 spiro atoms. The third-order valence-corrected chi connectivity index (χ3v) is 3.01. The van der Waals surface area contributed by atoms with Crippen molar-refractivity contribution in [2.45, 2.75) is 13.5 Å². The molecule has 0 unspecified atom stereocenters. The molecule has 0 radical (unpaired) electrons. The molecule has 0 atom stereocenters. The first-order valence-corrected chi connectivity index (χ1v) is 7.03. The first-order valence-electron chi connectivity index (χ1n) is 7.74. The van der Waals surface area contributed by atoms with Gasteiger partial charge in [0, 0.05) is 21.2 Å². The Kier molecular flexibility index (Phi) is 5.42. The fourth-order valence-electron chi connectivity index (χ4n) is 1.98. The predicted molar refractivity (Wildman–Crippen MR) is 85.6 cm³/mol. The van der Waals surface area contributed by atoms with Crippen LogP contribution in [0.1, 0.15) is 23.0 Å². The van der Waals surface area contributed by atoms with E-state index in [2.05, 4.69) is 10.3 Å². The lowest BCUT2D eigenvalue weighted by atomic mass is 10.2. The van der Waals surface area contributed by atoms with Gasteiger partial charge in [-0.15, -0.1) is 0 Å². The van der Waals surface area contributed by atoms with E-state index in [1.54, 1.807) is 13.0 Å². The summed E-state index contributed by atoms with van der Waals surface area (Å²) in [5.41, 5.74) is 1.84. The summed E-state index contributed by atoms with van der Waals surface area (Å²) >= 11 is 0. The number of amides is 1. The van der Waals surface area contributed by atoms with E-state index in [1.165, 1.54) is 7.11 Å². The highest BCUT2D eigenvalue weighted by Gasteiger charge is 2.19. The summed E-state index contributed by atoms with van der Waals surface area (Å²) in [5, 5.41) is 2.43. The smallest absolute Gasteiger partial charge is 0.258 e. The normalized spacial score (nSPS) is 10.8. The van der Waals surface area contributed by atoms with E-state index in [-0.39, 0.29) is 31.0 Å². The number of nitrogens with zero attached hydrogens (tertiary/aromatic N) is 1. The zero-order chi connectivity index (χ0) is 17.4. The van der Waals surface area contributed by atoms with Gasteiger partial charge in [-0.05, 0) is 18.6 Å². The van der Waals surface area contributed by atoms with E-state index < -0.39 is 5.91 Å². The number of ether oxygens (including phenoxy) is 3. The van der Waals surface area contributed by atoms with Gasteiger partial charge in [0.05, 0.1) is 5.56 Å². The second kappa shape index (κ2) is 8.14. The van der Waals surface area contributed by atoms with E-state index in [4.69, 9.17) is 15.6 Å². The summed E-state index contributed by atoms with van der Waals surface area (Å²) in [5.74, 6) is -0.0125. The minimum Gasteiger partial charge on any atom is -0.470 e. The van der Waals surface area contributed by atoms with Crippen LogP contribution in [0.25, 0.3) is 0 Å². The van der Waals surface area contributed by atoms with Gasteiger partial charge in [0.25, 0.3) is 11.8 Å². The quantitative estimate of drug-likeness (QED) is 0.793. The number of hydrogen-bond acceptors (Lipinski definition) is 5. The lowest BCUT2D eigenvalue weighted by Gasteiger charge is -2.15. The highest BCUT2D eigenvalue weighted by Crippen LogP contribution is 2.31. The van der Waals surface area contributed by atoms with Crippen LogP contribution in [0.3, 0.4) is 0 Å². The Morgan fingerprint density at radius 1 is 1.30 bits per heavy atom. The van der Waals surface area contributed by atoms with Crippen molar-refractivity contribution in [1.82, 2.24) is 10.3 Å². The number of pyridine rings is 1. The molecule has 0 aliphatic rings. The molecular weight excluding hydrogens is 296 g/mol. The number of benzene rings is 1. The molecule has 1 heterocycles. The van der Waals surface area contributed by atoms with E-state index in [1.807, 2.05) is 30.3 Å². The zero-order valence-corrected chi connectivity index (χ0v) is 13.2. The Hall–Kier alpha value is -2.60. The number of carbonyl (C=O) groups is 1. The van der Waals surface area contributed by atoms with Crippen LogP contribution in [-0.2, 0) is 11.3 Å². The fourth-order valence-corrected chi connectivity index (χ4v) is 1.98. The molecule has 0 bridgehead atoms. The molecule has 1 N–H and O–H groups in total. The monoisotopic (exact) mass is 318 g/mol. The van der Waals surface area contributed by atoms with Gasteiger partial charge in [-0.3, -0.25) is 4.79 Å². The molecule has 0 aliphatic carbocycles. The molecule has 23 heavy (non-hydrogen) atoms. The van der Waals surface area contributed by atoms with E-state index in [0.29, 0.717) is 12.3 Å². The van der Waals surface area contributed by atoms with E-state index >= 15 is 0 Å². The molecule has 2 rings (SSSR count). The minimum absolute atomic E-state index is 0.0480. The van der Waals surface area contributed by atoms with Crippen molar-refractivity contribution in [2.24, 2.45) is 0 Å². The number of rotatable bonds is 7. The highest BCUT2D eigenvalue weighted by molar-refractivity contribution is 5.97. The predicted octanol–water partition coefficient (Wildman–Crippen LogP) is 2.31. The molecular formula is C17H20N2O4. The van der Waals surface area contributed by atoms with Crippen LogP contribution >= 0.6 is 0 Å². The fraction of sp³-hybridized carbons (Fsp3) is 0.294. The van der Waals surface area contributed by atoms with Gasteiger partial charge in [-0.2, -0.15) is 0 Å². The summed E-state index contributed by atoms with van der Waals surface area (Å²) < 4.78 is 23.3. The van der Waals surface area contributed by atoms with Crippen molar-refractivity contribution in [2.75, 3.05) is 20.9 Å². The molecule has 1 aromatic carbocycles. The first-order chi connectivity index (χ1) is 11.7. The largest absolute Gasteiger partial charge is 0.470 e. The molecule has 6 nitrogen and oxygen atoms in total. The molecule has 0 saturated carbocycles. The van der Waals surface area contributed by atoms with Gasteiger partial charge in [0.15, 0.2) is 12.5 Å². The van der Waals surface area contributed by atoms with Gasteiger partial charge in [0.1, 0.15) is 6.61 Å². The molecule has 1 amide bonds. The van der Waals surface area contributed by atoms with Crippen molar-refractivity contribution in [3.05, 3.63) is 53.2 Å². The van der Waals surface area contributed by atoms with Gasteiger partial charge in [0.2, 0.25) is 0 Å². The summed E-state index contributed by atoms with van der Waals surface area (Å²) in [6, 6.07) is 11.2. The molecule has 122 valence electrons. The Bertz CT molecular complexity index is 680. The molecule has 0 fully saturated rings. The van der Waals surface area contributed by atoms with Gasteiger partial charge in [-0.1, -0.05) is 30.3 Å². The van der Waals surface area contributed by atoms with Gasteiger partial charge < -0.3 is 19.5 Å². The van der Waals surface area contributed by atoms with Crippen molar-refractivity contribution < 1.29 is 20.4 Å². The molecule has 1 aromatic heterocycles. The van der Waals surface area contributed by atoms with Crippen molar-refractivity contribution in [1.29, 1.82) is 0 Å². The van der Waals surface area contributed by atoms with Crippen molar-refractivity contribution in [3.63, 3.8) is 0 Å². The maximum absolute atomic E-state index is 12.2. The first kappa shape index (κ1) is 15.3. The maximum atomic E-state index is 12.2. The molecule has 2 aromatic rings. The minimum atomic E-state index is -0.425.